The predicted molar refractivity (Wildman–Crippen MR) is 121 cm³/mol. The largest absolute Gasteiger partial charge is 0.398 e. The Morgan fingerprint density at radius 2 is 2.00 bits per heavy atom. The van der Waals surface area contributed by atoms with E-state index in [-0.39, 0.29) is 0 Å². The maximum atomic E-state index is 10.6. The van der Waals surface area contributed by atoms with E-state index in [1.54, 1.807) is 11.3 Å². The number of hydrogen-bond donors (Lipinski definition) is 3. The van der Waals surface area contributed by atoms with Crippen LogP contribution in [0.5, 0.6) is 0 Å². The molecule has 0 radical (unpaired) electrons. The first-order valence-electron chi connectivity index (χ1n) is 10.5. The van der Waals surface area contributed by atoms with Crippen molar-refractivity contribution in [3.63, 3.8) is 0 Å². The van der Waals surface area contributed by atoms with Crippen molar-refractivity contribution in [2.75, 3.05) is 25.4 Å². The number of nitrogen functional groups attached to an aromatic ring is 1. The lowest BCUT2D eigenvalue weighted by atomic mass is 9.98. The Bertz CT molecular complexity index is 935. The number of piperidine rings is 1. The molecule has 1 aliphatic heterocycles. The van der Waals surface area contributed by atoms with Gasteiger partial charge < -0.3 is 16.2 Å². The predicted octanol–water partition coefficient (Wildman–Crippen LogP) is 4.12. The number of pyridine rings is 1. The molecule has 3 aromatic rings. The van der Waals surface area contributed by atoms with Crippen LogP contribution in [0.15, 0.2) is 47.3 Å². The molecule has 29 heavy (non-hydrogen) atoms. The van der Waals surface area contributed by atoms with Crippen LogP contribution in [-0.2, 0) is 0 Å². The van der Waals surface area contributed by atoms with Gasteiger partial charge >= 0.3 is 0 Å². The third kappa shape index (κ3) is 4.61. The summed E-state index contributed by atoms with van der Waals surface area (Å²) < 4.78 is 0. The van der Waals surface area contributed by atoms with Crippen LogP contribution in [0.25, 0.3) is 10.8 Å². The van der Waals surface area contributed by atoms with Crippen LogP contribution in [0.1, 0.15) is 49.6 Å². The standard InChI is InChI=1S/C23H30N4OS/c1-2-22(19-14-29-15-20(19)24)27-9-7-18(8-10-27)25-13-23(28)21-11-16-5-3-4-6-17(16)12-26-21/h3-6,11-12,14-15,18,22-23,25,28H,2,7-10,13,24H2,1H3. The van der Waals surface area contributed by atoms with Crippen LogP contribution >= 0.6 is 11.3 Å². The molecule has 6 heteroatoms. The summed E-state index contributed by atoms with van der Waals surface area (Å²) in [6.45, 7) is 4.87. The van der Waals surface area contributed by atoms with Gasteiger partial charge in [0.1, 0.15) is 6.10 Å². The van der Waals surface area contributed by atoms with Crippen LogP contribution in [0, 0.1) is 0 Å². The van der Waals surface area contributed by atoms with E-state index in [1.807, 2.05) is 35.8 Å². The number of thiophene rings is 1. The Labute approximate surface area is 176 Å². The summed E-state index contributed by atoms with van der Waals surface area (Å²) in [4.78, 5) is 7.00. The monoisotopic (exact) mass is 410 g/mol. The first kappa shape index (κ1) is 20.3. The Hall–Kier alpha value is -1.99. The molecule has 0 amide bonds. The van der Waals surface area contributed by atoms with Gasteiger partial charge in [-0.25, -0.2) is 0 Å². The Balaban J connectivity index is 1.29. The van der Waals surface area contributed by atoms with Crippen molar-refractivity contribution in [1.82, 2.24) is 15.2 Å². The van der Waals surface area contributed by atoms with Crippen LogP contribution in [-0.4, -0.2) is 40.7 Å². The number of nitrogens with one attached hydrogen (secondary N) is 1. The third-order valence-corrected chi connectivity index (χ3v) is 6.81. The van der Waals surface area contributed by atoms with Crippen molar-refractivity contribution >= 4 is 27.8 Å². The van der Waals surface area contributed by atoms with E-state index < -0.39 is 6.10 Å². The summed E-state index contributed by atoms with van der Waals surface area (Å²) in [7, 11) is 0. The highest BCUT2D eigenvalue weighted by molar-refractivity contribution is 7.08. The summed E-state index contributed by atoms with van der Waals surface area (Å²) in [5, 5.41) is 20.6. The van der Waals surface area contributed by atoms with E-state index in [2.05, 4.69) is 33.6 Å². The Kier molecular flexibility index (Phi) is 6.45. The minimum absolute atomic E-state index is 0.412. The van der Waals surface area contributed by atoms with Crippen LogP contribution in [0.4, 0.5) is 5.69 Å². The molecule has 154 valence electrons. The number of nitrogens with zero attached hydrogens (tertiary/aromatic N) is 2. The number of aromatic nitrogens is 1. The second-order valence-corrected chi connectivity index (χ2v) is 8.64. The first-order valence-corrected chi connectivity index (χ1v) is 11.4. The second-order valence-electron chi connectivity index (χ2n) is 7.90. The number of rotatable bonds is 7. The molecule has 4 rings (SSSR count). The number of benzene rings is 1. The van der Waals surface area contributed by atoms with Crippen molar-refractivity contribution in [3.05, 3.63) is 58.5 Å². The van der Waals surface area contributed by atoms with Crippen molar-refractivity contribution in [1.29, 1.82) is 0 Å². The zero-order valence-electron chi connectivity index (χ0n) is 16.9. The highest BCUT2D eigenvalue weighted by Crippen LogP contribution is 2.33. The molecule has 2 aromatic heterocycles. The number of anilines is 1. The minimum Gasteiger partial charge on any atom is -0.398 e. The second kappa shape index (κ2) is 9.22. The SMILES string of the molecule is CCC(c1cscc1N)N1CCC(NCC(O)c2cc3ccccc3cn2)CC1. The van der Waals surface area contributed by atoms with Crippen LogP contribution in [0.2, 0.25) is 0 Å². The molecule has 0 spiro atoms. The van der Waals surface area contributed by atoms with Crippen molar-refractivity contribution in [2.45, 2.75) is 44.4 Å². The molecule has 3 heterocycles. The van der Waals surface area contributed by atoms with E-state index in [4.69, 9.17) is 5.73 Å². The molecule has 0 saturated carbocycles. The highest BCUT2D eigenvalue weighted by Gasteiger charge is 2.26. The fourth-order valence-electron chi connectivity index (χ4n) is 4.34. The summed E-state index contributed by atoms with van der Waals surface area (Å²) in [5.41, 5.74) is 9.09. The lowest BCUT2D eigenvalue weighted by Gasteiger charge is -2.38. The molecular weight excluding hydrogens is 380 g/mol. The zero-order chi connectivity index (χ0) is 20.2. The number of nitrogens with two attached hydrogens (primary N) is 1. The lowest BCUT2D eigenvalue weighted by Crippen LogP contribution is -2.44. The topological polar surface area (TPSA) is 74.4 Å². The fourth-order valence-corrected chi connectivity index (χ4v) is 5.13. The summed E-state index contributed by atoms with van der Waals surface area (Å²) in [6, 6.07) is 10.9. The van der Waals surface area contributed by atoms with Gasteiger partial charge in [0.15, 0.2) is 0 Å². The van der Waals surface area contributed by atoms with E-state index in [0.717, 1.165) is 54.5 Å². The molecule has 4 N–H and O–H groups in total. The molecule has 1 aliphatic rings. The van der Waals surface area contributed by atoms with Crippen molar-refractivity contribution < 1.29 is 5.11 Å². The lowest BCUT2D eigenvalue weighted by molar-refractivity contribution is 0.124. The van der Waals surface area contributed by atoms with Gasteiger partial charge in [-0.2, -0.15) is 0 Å². The summed E-state index contributed by atoms with van der Waals surface area (Å²) in [6.07, 6.45) is 4.49. The van der Waals surface area contributed by atoms with Crippen molar-refractivity contribution in [3.8, 4) is 0 Å². The van der Waals surface area contributed by atoms with Gasteiger partial charge in [0.05, 0.1) is 5.69 Å². The number of aliphatic hydroxyl groups excluding tert-OH is 1. The molecular formula is C23H30N4OS. The highest BCUT2D eigenvalue weighted by atomic mass is 32.1. The molecule has 0 bridgehead atoms. The van der Waals surface area contributed by atoms with E-state index >= 15 is 0 Å². The number of likely N-dealkylation sites (tertiary alicyclic amines) is 1. The molecule has 1 fully saturated rings. The van der Waals surface area contributed by atoms with E-state index in [1.165, 1.54) is 5.56 Å². The van der Waals surface area contributed by atoms with Crippen LogP contribution < -0.4 is 11.1 Å². The van der Waals surface area contributed by atoms with Gasteiger partial charge in [0, 0.05) is 59.9 Å². The first-order chi connectivity index (χ1) is 14.2. The smallest absolute Gasteiger partial charge is 0.108 e. The number of hydrogen-bond acceptors (Lipinski definition) is 6. The maximum absolute atomic E-state index is 10.6. The Morgan fingerprint density at radius 3 is 2.69 bits per heavy atom. The van der Waals surface area contributed by atoms with Gasteiger partial charge in [-0.1, -0.05) is 31.2 Å². The quantitative estimate of drug-likeness (QED) is 0.546. The maximum Gasteiger partial charge on any atom is 0.108 e. The van der Waals surface area contributed by atoms with Gasteiger partial charge in [-0.3, -0.25) is 9.88 Å². The van der Waals surface area contributed by atoms with Gasteiger partial charge in [0.25, 0.3) is 0 Å². The van der Waals surface area contributed by atoms with Crippen molar-refractivity contribution in [2.24, 2.45) is 0 Å². The number of fused-ring (bicyclic) bond motifs is 1. The molecule has 0 aliphatic carbocycles. The van der Waals surface area contributed by atoms with E-state index in [0.29, 0.717) is 18.6 Å². The van der Waals surface area contributed by atoms with Gasteiger partial charge in [-0.05, 0) is 36.1 Å². The molecule has 5 nitrogen and oxygen atoms in total. The average molecular weight is 411 g/mol. The van der Waals surface area contributed by atoms with Crippen LogP contribution in [0.3, 0.4) is 0 Å². The zero-order valence-corrected chi connectivity index (χ0v) is 17.7. The minimum atomic E-state index is -0.591. The average Bonchev–Trinajstić information content (AvgIpc) is 3.18. The number of aliphatic hydroxyl groups is 1. The third-order valence-electron chi connectivity index (χ3n) is 6.03. The normalized spacial score (nSPS) is 18.1. The molecule has 2 atom stereocenters. The molecule has 2 unspecified atom stereocenters. The Morgan fingerprint density at radius 1 is 1.24 bits per heavy atom. The van der Waals surface area contributed by atoms with E-state index in [9.17, 15) is 5.11 Å². The van der Waals surface area contributed by atoms with Gasteiger partial charge in [-0.15, -0.1) is 11.3 Å². The summed E-state index contributed by atoms with van der Waals surface area (Å²) >= 11 is 1.69. The van der Waals surface area contributed by atoms with Gasteiger partial charge in [0.2, 0.25) is 0 Å². The summed E-state index contributed by atoms with van der Waals surface area (Å²) in [5.74, 6) is 0. The molecule has 1 saturated heterocycles. The fraction of sp³-hybridized carbons (Fsp3) is 0.435. The molecule has 1 aromatic carbocycles.